The first-order valence-corrected chi connectivity index (χ1v) is 11.5. The minimum Gasteiger partial charge on any atom is -0.397 e. The summed E-state index contributed by atoms with van der Waals surface area (Å²) in [6.07, 6.45) is 5.32. The molecular weight excluding hydrogens is 463 g/mol. The number of nitrogens with one attached hydrogen (secondary N) is 1. The van der Waals surface area contributed by atoms with Crippen LogP contribution in [0, 0.1) is 12.7 Å². The standard InChI is InChI=1S/C25H27FN8O2/c1-14-18(10-29-12-20(14)27)17-7-15-8-21(30-11-19(15)25(28)24(17)26)31-22-9-16-3-4-33(5-6-36-2)23(35)13-34(16)32-22/h7-12H,3-6,13,27-28H2,1-2H3,(H,30,31,32). The second-order valence-electron chi connectivity index (χ2n) is 8.77. The number of hydrogen-bond acceptors (Lipinski definition) is 8. The highest BCUT2D eigenvalue weighted by atomic mass is 19.1. The van der Waals surface area contributed by atoms with Gasteiger partial charge in [-0.2, -0.15) is 5.10 Å². The molecule has 3 aromatic heterocycles. The third-order valence-electron chi connectivity index (χ3n) is 6.50. The van der Waals surface area contributed by atoms with Crippen molar-refractivity contribution in [3.63, 3.8) is 0 Å². The number of nitrogen functional groups attached to an aromatic ring is 2. The second-order valence-corrected chi connectivity index (χ2v) is 8.77. The Labute approximate surface area is 207 Å². The molecule has 1 amide bonds. The van der Waals surface area contributed by atoms with Crippen LogP contribution in [-0.2, 0) is 22.5 Å². The van der Waals surface area contributed by atoms with Crippen LogP contribution in [0.15, 0.2) is 36.8 Å². The Morgan fingerprint density at radius 1 is 1.14 bits per heavy atom. The molecule has 1 aliphatic heterocycles. The maximum absolute atomic E-state index is 15.2. The summed E-state index contributed by atoms with van der Waals surface area (Å²) in [5.74, 6) is 0.549. The number of carbonyl (C=O) groups excluding carboxylic acids is 1. The number of methoxy groups -OCH3 is 1. The SMILES string of the molecule is COCCN1CCc2cc(Nc3cc4cc(-c5cncc(N)c5C)c(F)c(N)c4cn3)nn2CC1=O. The molecule has 0 radical (unpaired) electrons. The van der Waals surface area contributed by atoms with Crippen molar-refractivity contribution < 1.29 is 13.9 Å². The van der Waals surface area contributed by atoms with Crippen LogP contribution in [0.2, 0.25) is 0 Å². The van der Waals surface area contributed by atoms with E-state index in [1.165, 1.54) is 12.4 Å². The van der Waals surface area contributed by atoms with Gasteiger partial charge >= 0.3 is 0 Å². The number of aromatic nitrogens is 4. The predicted molar refractivity (Wildman–Crippen MR) is 136 cm³/mol. The quantitative estimate of drug-likeness (QED) is 0.351. The number of nitrogens with zero attached hydrogens (tertiary/aromatic N) is 5. The Morgan fingerprint density at radius 3 is 2.78 bits per heavy atom. The van der Waals surface area contributed by atoms with E-state index in [-0.39, 0.29) is 18.1 Å². The van der Waals surface area contributed by atoms with Crippen molar-refractivity contribution in [3.8, 4) is 11.1 Å². The lowest BCUT2D eigenvalue weighted by molar-refractivity contribution is -0.132. The highest BCUT2D eigenvalue weighted by Gasteiger charge is 2.22. The lowest BCUT2D eigenvalue weighted by atomic mass is 9.97. The molecule has 186 valence electrons. The zero-order chi connectivity index (χ0) is 25.4. The number of amides is 1. The van der Waals surface area contributed by atoms with E-state index in [1.807, 2.05) is 13.0 Å². The predicted octanol–water partition coefficient (Wildman–Crippen LogP) is 2.88. The van der Waals surface area contributed by atoms with Crippen LogP contribution in [0.5, 0.6) is 0 Å². The fourth-order valence-corrected chi connectivity index (χ4v) is 4.40. The van der Waals surface area contributed by atoms with Crippen molar-refractivity contribution in [1.82, 2.24) is 24.6 Å². The minimum atomic E-state index is -0.539. The molecule has 0 saturated heterocycles. The molecule has 0 bridgehead atoms. The van der Waals surface area contributed by atoms with Crippen LogP contribution < -0.4 is 16.8 Å². The van der Waals surface area contributed by atoms with Crippen LogP contribution in [-0.4, -0.2) is 57.4 Å². The molecule has 0 atom stereocenters. The number of carbonyl (C=O) groups is 1. The molecule has 0 aliphatic carbocycles. The molecule has 0 fully saturated rings. The Morgan fingerprint density at radius 2 is 1.97 bits per heavy atom. The van der Waals surface area contributed by atoms with E-state index in [2.05, 4.69) is 20.4 Å². The van der Waals surface area contributed by atoms with E-state index < -0.39 is 5.82 Å². The van der Waals surface area contributed by atoms with E-state index in [9.17, 15) is 4.79 Å². The lowest BCUT2D eigenvalue weighted by Crippen LogP contribution is -2.35. The lowest BCUT2D eigenvalue weighted by Gasteiger charge is -2.19. The maximum Gasteiger partial charge on any atom is 0.244 e. The van der Waals surface area contributed by atoms with Gasteiger partial charge in [0.2, 0.25) is 5.91 Å². The normalized spacial score (nSPS) is 13.6. The van der Waals surface area contributed by atoms with E-state index in [0.717, 1.165) is 11.3 Å². The summed E-state index contributed by atoms with van der Waals surface area (Å²) in [6, 6.07) is 5.41. The highest BCUT2D eigenvalue weighted by molar-refractivity contribution is 5.98. The van der Waals surface area contributed by atoms with Crippen LogP contribution in [0.4, 0.5) is 27.4 Å². The van der Waals surface area contributed by atoms with Crippen molar-refractivity contribution in [2.45, 2.75) is 19.9 Å². The van der Waals surface area contributed by atoms with E-state index in [0.29, 0.717) is 65.3 Å². The van der Waals surface area contributed by atoms with Crippen LogP contribution in [0.25, 0.3) is 21.9 Å². The number of anilines is 4. The summed E-state index contributed by atoms with van der Waals surface area (Å²) < 4.78 is 22.0. The number of benzene rings is 1. The summed E-state index contributed by atoms with van der Waals surface area (Å²) >= 11 is 0. The third-order valence-corrected chi connectivity index (χ3v) is 6.50. The van der Waals surface area contributed by atoms with Crippen LogP contribution in [0.3, 0.4) is 0 Å². The Hall–Kier alpha value is -4.25. The summed E-state index contributed by atoms with van der Waals surface area (Å²) in [6.45, 7) is 3.64. The van der Waals surface area contributed by atoms with Crippen LogP contribution >= 0.6 is 0 Å². The van der Waals surface area contributed by atoms with Crippen molar-refractivity contribution in [1.29, 1.82) is 0 Å². The topological polar surface area (TPSA) is 137 Å². The largest absolute Gasteiger partial charge is 0.397 e. The van der Waals surface area contributed by atoms with Gasteiger partial charge in [-0.3, -0.25) is 14.5 Å². The van der Waals surface area contributed by atoms with Gasteiger partial charge in [0.05, 0.1) is 24.2 Å². The first-order chi connectivity index (χ1) is 17.4. The van der Waals surface area contributed by atoms with Gasteiger partial charge in [0.25, 0.3) is 0 Å². The van der Waals surface area contributed by atoms with Gasteiger partial charge < -0.3 is 26.4 Å². The number of fused-ring (bicyclic) bond motifs is 2. The molecule has 36 heavy (non-hydrogen) atoms. The molecule has 1 aliphatic rings. The smallest absolute Gasteiger partial charge is 0.244 e. The Bertz CT molecular complexity index is 1470. The van der Waals surface area contributed by atoms with Crippen molar-refractivity contribution in [2.24, 2.45) is 0 Å². The van der Waals surface area contributed by atoms with Gasteiger partial charge in [0, 0.05) is 67.3 Å². The molecule has 4 aromatic rings. The number of halogens is 1. The third kappa shape index (κ3) is 4.29. The van der Waals surface area contributed by atoms with Gasteiger partial charge in [-0.25, -0.2) is 9.37 Å². The van der Waals surface area contributed by atoms with Crippen LogP contribution in [0.1, 0.15) is 11.3 Å². The first-order valence-electron chi connectivity index (χ1n) is 11.5. The van der Waals surface area contributed by atoms with Crippen molar-refractivity contribution >= 4 is 39.7 Å². The van der Waals surface area contributed by atoms with Gasteiger partial charge in [0.15, 0.2) is 11.6 Å². The molecule has 11 heteroatoms. The molecule has 0 spiro atoms. The molecule has 5 rings (SSSR count). The Balaban J connectivity index is 1.43. The summed E-state index contributed by atoms with van der Waals surface area (Å²) in [7, 11) is 1.62. The van der Waals surface area contributed by atoms with Gasteiger partial charge in [-0.1, -0.05) is 0 Å². The van der Waals surface area contributed by atoms with E-state index in [4.69, 9.17) is 16.2 Å². The zero-order valence-electron chi connectivity index (χ0n) is 20.1. The van der Waals surface area contributed by atoms with Crippen molar-refractivity contribution in [2.75, 3.05) is 43.6 Å². The van der Waals surface area contributed by atoms with Gasteiger partial charge in [-0.15, -0.1) is 0 Å². The second kappa shape index (κ2) is 9.42. The van der Waals surface area contributed by atoms with Gasteiger partial charge in [-0.05, 0) is 30.0 Å². The zero-order valence-corrected chi connectivity index (χ0v) is 20.1. The number of pyridine rings is 2. The average molecular weight is 491 g/mol. The molecule has 1 aromatic carbocycles. The number of ether oxygens (including phenoxy) is 1. The summed E-state index contributed by atoms with van der Waals surface area (Å²) in [5.41, 5.74) is 15.2. The number of hydrogen-bond donors (Lipinski definition) is 3. The van der Waals surface area contributed by atoms with Gasteiger partial charge in [0.1, 0.15) is 12.4 Å². The fraction of sp³-hybridized carbons (Fsp3) is 0.280. The molecule has 0 unspecified atom stereocenters. The van der Waals surface area contributed by atoms with E-state index >= 15 is 4.39 Å². The summed E-state index contributed by atoms with van der Waals surface area (Å²) in [4.78, 5) is 22.9. The molecular formula is C25H27FN8O2. The maximum atomic E-state index is 15.2. The fourth-order valence-electron chi connectivity index (χ4n) is 4.40. The highest BCUT2D eigenvalue weighted by Crippen LogP contribution is 2.36. The molecule has 5 N–H and O–H groups in total. The Kier molecular flexibility index (Phi) is 6.15. The first kappa shape index (κ1) is 23.5. The monoisotopic (exact) mass is 490 g/mol. The number of rotatable bonds is 6. The molecule has 0 saturated carbocycles. The summed E-state index contributed by atoms with van der Waals surface area (Å²) in [5, 5.41) is 8.94. The minimum absolute atomic E-state index is 0.000596. The number of nitrogens with two attached hydrogens (primary N) is 2. The molecule has 10 nitrogen and oxygen atoms in total. The molecule has 4 heterocycles. The van der Waals surface area contributed by atoms with Crippen molar-refractivity contribution in [3.05, 3.63) is 53.9 Å². The average Bonchev–Trinajstić information content (AvgIpc) is 3.16. The van der Waals surface area contributed by atoms with E-state index in [1.54, 1.807) is 35.0 Å².